The Hall–Kier alpha value is -2.74. The normalized spacial score (nSPS) is 18.5. The summed E-state index contributed by atoms with van der Waals surface area (Å²) in [6.45, 7) is 0. The van der Waals surface area contributed by atoms with Crippen LogP contribution in [-0.4, -0.2) is 50.3 Å². The number of hydrogen-bond donors (Lipinski definition) is 1. The molecule has 1 aliphatic heterocycles. The highest BCUT2D eigenvalue weighted by molar-refractivity contribution is 9.10. The quantitative estimate of drug-likeness (QED) is 0.751. The number of carboxylic acids is 1. The van der Waals surface area contributed by atoms with E-state index in [4.69, 9.17) is 14.2 Å². The van der Waals surface area contributed by atoms with Gasteiger partial charge in [0, 0.05) is 12.6 Å². The third-order valence-corrected chi connectivity index (χ3v) is 5.58. The lowest BCUT2D eigenvalue weighted by atomic mass is 9.80. The summed E-state index contributed by atoms with van der Waals surface area (Å²) in [5, 5.41) is 10.0. The SMILES string of the molecule is COc1ccc([C@H]2[C@H](C(=O)O)c3cc(OC)c(OC)cc3C(=O)N2C)cc1Br. The molecule has 28 heavy (non-hydrogen) atoms. The van der Waals surface area contributed by atoms with Gasteiger partial charge in [-0.05, 0) is 51.3 Å². The molecule has 2 atom stereocenters. The molecule has 2 aromatic carbocycles. The van der Waals surface area contributed by atoms with Crippen LogP contribution < -0.4 is 14.2 Å². The summed E-state index contributed by atoms with van der Waals surface area (Å²) in [5.74, 6) is -0.933. The fourth-order valence-electron chi connectivity index (χ4n) is 3.60. The second-order valence-corrected chi connectivity index (χ2v) is 7.22. The summed E-state index contributed by atoms with van der Waals surface area (Å²) in [7, 11) is 6.08. The monoisotopic (exact) mass is 449 g/mol. The summed E-state index contributed by atoms with van der Waals surface area (Å²) in [5.41, 5.74) is 1.36. The number of carbonyl (C=O) groups excluding carboxylic acids is 1. The molecular formula is C20H20BrNO6. The van der Waals surface area contributed by atoms with Gasteiger partial charge < -0.3 is 24.2 Å². The van der Waals surface area contributed by atoms with E-state index in [0.717, 1.165) is 0 Å². The maximum Gasteiger partial charge on any atom is 0.313 e. The van der Waals surface area contributed by atoms with E-state index in [-0.39, 0.29) is 11.5 Å². The van der Waals surface area contributed by atoms with Crippen molar-refractivity contribution in [2.75, 3.05) is 28.4 Å². The summed E-state index contributed by atoms with van der Waals surface area (Å²) in [4.78, 5) is 26.8. The van der Waals surface area contributed by atoms with Gasteiger partial charge in [-0.2, -0.15) is 0 Å². The van der Waals surface area contributed by atoms with Crippen molar-refractivity contribution < 1.29 is 28.9 Å². The molecule has 1 heterocycles. The van der Waals surface area contributed by atoms with Gasteiger partial charge in [0.2, 0.25) is 0 Å². The van der Waals surface area contributed by atoms with Crippen LogP contribution in [0, 0.1) is 0 Å². The van der Waals surface area contributed by atoms with E-state index >= 15 is 0 Å². The molecule has 0 unspecified atom stereocenters. The predicted molar refractivity (Wildman–Crippen MR) is 105 cm³/mol. The second-order valence-electron chi connectivity index (χ2n) is 6.37. The Morgan fingerprint density at radius 3 is 2.18 bits per heavy atom. The summed E-state index contributed by atoms with van der Waals surface area (Å²) in [6.07, 6.45) is 0. The molecule has 8 heteroatoms. The number of aliphatic carboxylic acids is 1. The Labute approximate surface area is 170 Å². The lowest BCUT2D eigenvalue weighted by molar-refractivity contribution is -0.140. The summed E-state index contributed by atoms with van der Waals surface area (Å²) >= 11 is 3.43. The fourth-order valence-corrected chi connectivity index (χ4v) is 4.16. The van der Waals surface area contributed by atoms with Crippen molar-refractivity contribution in [3.8, 4) is 17.2 Å². The van der Waals surface area contributed by atoms with Crippen LogP contribution in [0.15, 0.2) is 34.8 Å². The number of halogens is 1. The Balaban J connectivity index is 2.22. The number of amides is 1. The highest BCUT2D eigenvalue weighted by atomic mass is 79.9. The first-order valence-corrected chi connectivity index (χ1v) is 9.22. The molecule has 0 saturated carbocycles. The van der Waals surface area contributed by atoms with Crippen molar-refractivity contribution >= 4 is 27.8 Å². The molecule has 148 valence electrons. The molecule has 0 fully saturated rings. The van der Waals surface area contributed by atoms with Crippen LogP contribution in [0.5, 0.6) is 17.2 Å². The molecule has 1 amide bonds. The van der Waals surface area contributed by atoms with E-state index in [2.05, 4.69) is 15.9 Å². The first-order chi connectivity index (χ1) is 13.3. The van der Waals surface area contributed by atoms with Gasteiger partial charge in [-0.15, -0.1) is 0 Å². The van der Waals surface area contributed by atoms with Crippen LogP contribution in [0.25, 0.3) is 0 Å². The minimum absolute atomic E-state index is 0.287. The highest BCUT2D eigenvalue weighted by Crippen LogP contribution is 2.46. The van der Waals surface area contributed by atoms with Crippen LogP contribution in [0.3, 0.4) is 0 Å². The lowest BCUT2D eigenvalue weighted by Gasteiger charge is -2.39. The van der Waals surface area contributed by atoms with Gasteiger partial charge in [0.25, 0.3) is 5.91 Å². The molecule has 0 aliphatic carbocycles. The van der Waals surface area contributed by atoms with Gasteiger partial charge in [0.1, 0.15) is 11.7 Å². The Bertz CT molecular complexity index is 945. The molecule has 1 N–H and O–H groups in total. The lowest BCUT2D eigenvalue weighted by Crippen LogP contribution is -2.42. The average Bonchev–Trinajstić information content (AvgIpc) is 2.69. The number of carbonyl (C=O) groups is 2. The molecular weight excluding hydrogens is 430 g/mol. The van der Waals surface area contributed by atoms with Gasteiger partial charge in [0.15, 0.2) is 11.5 Å². The van der Waals surface area contributed by atoms with Crippen LogP contribution in [0.2, 0.25) is 0 Å². The molecule has 0 aromatic heterocycles. The topological polar surface area (TPSA) is 85.3 Å². The minimum atomic E-state index is -1.04. The number of likely N-dealkylation sites (N-methyl/N-ethyl adjacent to an activating group) is 1. The first-order valence-electron chi connectivity index (χ1n) is 8.43. The maximum atomic E-state index is 13.0. The second kappa shape index (κ2) is 7.71. The number of benzene rings is 2. The third-order valence-electron chi connectivity index (χ3n) is 4.96. The zero-order valence-corrected chi connectivity index (χ0v) is 17.4. The van der Waals surface area contributed by atoms with Crippen molar-refractivity contribution in [1.29, 1.82) is 0 Å². The predicted octanol–water partition coefficient (Wildman–Crippen LogP) is 3.47. The van der Waals surface area contributed by atoms with Crippen molar-refractivity contribution in [2.24, 2.45) is 0 Å². The number of hydrogen-bond acceptors (Lipinski definition) is 5. The molecule has 2 aromatic rings. The molecule has 7 nitrogen and oxygen atoms in total. The molecule has 0 spiro atoms. The van der Waals surface area contributed by atoms with Crippen LogP contribution >= 0.6 is 15.9 Å². The first kappa shape index (κ1) is 20.0. The zero-order valence-electron chi connectivity index (χ0n) is 15.9. The zero-order chi connectivity index (χ0) is 20.6. The molecule has 3 rings (SSSR count). The van der Waals surface area contributed by atoms with Crippen molar-refractivity contribution in [3.05, 3.63) is 51.5 Å². The standard InChI is InChI=1S/C20H20BrNO6/c1-22-18(10-5-6-14(26-2)13(21)7-10)17(20(24)25)11-8-15(27-3)16(28-4)9-12(11)19(22)23/h5-9,17-18H,1-4H3,(H,24,25)/t17-,18+/m1/s1. The summed E-state index contributed by atoms with van der Waals surface area (Å²) in [6, 6.07) is 7.68. The Kier molecular flexibility index (Phi) is 5.51. The van der Waals surface area contributed by atoms with E-state index in [0.29, 0.717) is 32.8 Å². The van der Waals surface area contributed by atoms with E-state index < -0.39 is 17.9 Å². The molecule has 0 radical (unpaired) electrons. The Morgan fingerprint density at radius 1 is 1.04 bits per heavy atom. The van der Waals surface area contributed by atoms with E-state index in [9.17, 15) is 14.7 Å². The maximum absolute atomic E-state index is 13.0. The third kappa shape index (κ3) is 3.17. The average molecular weight is 450 g/mol. The van der Waals surface area contributed by atoms with Crippen molar-refractivity contribution in [2.45, 2.75) is 12.0 Å². The van der Waals surface area contributed by atoms with E-state index in [1.807, 2.05) is 0 Å². The number of rotatable bonds is 5. The fraction of sp³-hybridized carbons (Fsp3) is 0.300. The highest BCUT2D eigenvalue weighted by Gasteiger charge is 2.43. The summed E-state index contributed by atoms with van der Waals surface area (Å²) < 4.78 is 16.5. The largest absolute Gasteiger partial charge is 0.496 e. The van der Waals surface area contributed by atoms with E-state index in [1.54, 1.807) is 38.4 Å². The minimum Gasteiger partial charge on any atom is -0.496 e. The number of carboxylic acid groups (broad SMARTS) is 1. The van der Waals surface area contributed by atoms with Gasteiger partial charge in [0.05, 0.1) is 31.8 Å². The number of nitrogens with zero attached hydrogens (tertiary/aromatic N) is 1. The van der Waals surface area contributed by atoms with E-state index in [1.165, 1.54) is 25.2 Å². The molecule has 0 saturated heterocycles. The number of fused-ring (bicyclic) bond motifs is 1. The van der Waals surface area contributed by atoms with Crippen molar-refractivity contribution in [3.63, 3.8) is 0 Å². The Morgan fingerprint density at radius 2 is 1.64 bits per heavy atom. The van der Waals surface area contributed by atoms with Gasteiger partial charge in [-0.3, -0.25) is 9.59 Å². The van der Waals surface area contributed by atoms with Crippen molar-refractivity contribution in [1.82, 2.24) is 4.90 Å². The number of ether oxygens (including phenoxy) is 3. The van der Waals surface area contributed by atoms with Gasteiger partial charge >= 0.3 is 5.97 Å². The molecule has 0 bridgehead atoms. The number of methoxy groups -OCH3 is 3. The molecule has 1 aliphatic rings. The van der Waals surface area contributed by atoms with Gasteiger partial charge in [-0.25, -0.2) is 0 Å². The van der Waals surface area contributed by atoms with Crippen LogP contribution in [0.1, 0.15) is 33.4 Å². The van der Waals surface area contributed by atoms with Gasteiger partial charge in [-0.1, -0.05) is 6.07 Å². The van der Waals surface area contributed by atoms with Crippen LogP contribution in [-0.2, 0) is 4.79 Å². The van der Waals surface area contributed by atoms with Crippen LogP contribution in [0.4, 0.5) is 0 Å². The smallest absolute Gasteiger partial charge is 0.313 e.